The smallest absolute Gasteiger partial charge is 0.223 e. The lowest BCUT2D eigenvalue weighted by atomic mass is 9.60. The zero-order valence-corrected chi connectivity index (χ0v) is 18.3. The number of aromatic nitrogens is 1. The van der Waals surface area contributed by atoms with E-state index in [4.69, 9.17) is 4.42 Å². The van der Waals surface area contributed by atoms with Gasteiger partial charge < -0.3 is 9.32 Å². The topological polar surface area (TPSA) is 49.6 Å². The summed E-state index contributed by atoms with van der Waals surface area (Å²) < 4.78 is 8.22. The maximum atomic E-state index is 13.3. The molecule has 2 saturated heterocycles. The number of fused-ring (bicyclic) bond motifs is 1. The van der Waals surface area contributed by atoms with Crippen LogP contribution in [-0.2, 0) is 11.3 Å². The molecule has 1 aromatic carbocycles. The summed E-state index contributed by atoms with van der Waals surface area (Å²) in [6.45, 7) is 4.51. The molecule has 3 unspecified atom stereocenters. The van der Waals surface area contributed by atoms with Crippen molar-refractivity contribution < 1.29 is 9.21 Å². The summed E-state index contributed by atoms with van der Waals surface area (Å²) >= 11 is 2.44. The van der Waals surface area contributed by atoms with E-state index in [-0.39, 0.29) is 17.4 Å². The summed E-state index contributed by atoms with van der Waals surface area (Å²) in [5.74, 6) is 2.12. The molecular weight excluding hydrogens is 465 g/mol. The van der Waals surface area contributed by atoms with Gasteiger partial charge in [-0.2, -0.15) is 0 Å². The largest absolute Gasteiger partial charge is 0.448 e. The Bertz CT molecular complexity index is 866. The van der Waals surface area contributed by atoms with Gasteiger partial charge in [-0.05, 0) is 31.2 Å². The molecule has 2 aliphatic heterocycles. The van der Waals surface area contributed by atoms with Gasteiger partial charge in [0, 0.05) is 54.8 Å². The number of benzene rings is 1. The fourth-order valence-electron chi connectivity index (χ4n) is 5.64. The second-order valence-corrected chi connectivity index (χ2v) is 10.00. The van der Waals surface area contributed by atoms with Crippen molar-refractivity contribution in [3.05, 3.63) is 53.7 Å². The summed E-state index contributed by atoms with van der Waals surface area (Å²) in [7, 11) is 0. The van der Waals surface area contributed by atoms with Crippen LogP contribution in [0.15, 0.2) is 41.0 Å². The molecule has 3 heterocycles. The van der Waals surface area contributed by atoms with Crippen molar-refractivity contribution in [2.24, 2.45) is 11.8 Å². The van der Waals surface area contributed by atoms with Crippen molar-refractivity contribution in [2.75, 3.05) is 13.1 Å². The zero-order valence-electron chi connectivity index (χ0n) is 16.2. The molecule has 0 spiro atoms. The highest BCUT2D eigenvalue weighted by molar-refractivity contribution is 14.1. The van der Waals surface area contributed by atoms with Crippen molar-refractivity contribution in [1.29, 1.82) is 0 Å². The highest BCUT2D eigenvalue weighted by atomic mass is 127. The Hall–Kier alpha value is -1.41. The number of amides is 1. The number of likely N-dealkylation sites (tertiary alicyclic amines) is 1. The number of hydrogen-bond acceptors (Lipinski definition) is 4. The molecule has 5 nitrogen and oxygen atoms in total. The number of carbonyl (C=O) groups is 1. The first kappa shape index (κ1) is 18.6. The van der Waals surface area contributed by atoms with Crippen LogP contribution >= 0.6 is 22.9 Å². The van der Waals surface area contributed by atoms with Gasteiger partial charge in [0.2, 0.25) is 5.91 Å². The first-order valence-electron chi connectivity index (χ1n) is 10.2. The minimum Gasteiger partial charge on any atom is -0.448 e. The third-order valence-electron chi connectivity index (χ3n) is 7.10. The zero-order chi connectivity index (χ0) is 19.3. The van der Waals surface area contributed by atoms with Gasteiger partial charge in [0.1, 0.15) is 6.26 Å². The Morgan fingerprint density at radius 2 is 2.07 bits per heavy atom. The number of nitrogens with zero attached hydrogens (tertiary/aromatic N) is 3. The highest BCUT2D eigenvalue weighted by Crippen LogP contribution is 2.56. The van der Waals surface area contributed by atoms with E-state index < -0.39 is 0 Å². The molecule has 28 heavy (non-hydrogen) atoms. The lowest BCUT2D eigenvalue weighted by Crippen LogP contribution is -2.65. The van der Waals surface area contributed by atoms with Gasteiger partial charge in [0.15, 0.2) is 5.89 Å². The number of carbonyl (C=O) groups excluding carboxylic acids is 1. The molecular formula is C22H26IN3O2. The minimum absolute atomic E-state index is 0.113. The van der Waals surface area contributed by atoms with Gasteiger partial charge in [0.25, 0.3) is 0 Å². The Labute approximate surface area is 180 Å². The monoisotopic (exact) mass is 491 g/mol. The van der Waals surface area contributed by atoms with Crippen LogP contribution in [0.4, 0.5) is 0 Å². The van der Waals surface area contributed by atoms with Crippen LogP contribution in [0.1, 0.15) is 48.7 Å². The maximum Gasteiger partial charge on any atom is 0.223 e. The highest BCUT2D eigenvalue weighted by Gasteiger charge is 2.63. The van der Waals surface area contributed by atoms with Crippen molar-refractivity contribution in [3.8, 4) is 0 Å². The number of oxazole rings is 1. The Morgan fingerprint density at radius 1 is 1.29 bits per heavy atom. The maximum absolute atomic E-state index is 13.3. The molecule has 5 rings (SSSR count). The van der Waals surface area contributed by atoms with Crippen LogP contribution in [-0.4, -0.2) is 37.5 Å². The number of halogens is 1. The van der Waals surface area contributed by atoms with E-state index in [1.807, 2.05) is 13.0 Å². The summed E-state index contributed by atoms with van der Waals surface area (Å²) in [6.07, 6.45) is 6.06. The second kappa shape index (κ2) is 7.13. The molecule has 148 valence electrons. The second-order valence-electron chi connectivity index (χ2n) is 8.63. The number of piperidine rings is 1. The van der Waals surface area contributed by atoms with Crippen molar-refractivity contribution in [2.45, 2.75) is 50.6 Å². The Kier molecular flexibility index (Phi) is 4.74. The fraction of sp³-hybridized carbons (Fsp3) is 0.545. The average molecular weight is 491 g/mol. The van der Waals surface area contributed by atoms with Crippen molar-refractivity contribution in [3.63, 3.8) is 0 Å². The van der Waals surface area contributed by atoms with Crippen LogP contribution in [0.2, 0.25) is 0 Å². The molecule has 0 radical (unpaired) electrons. The summed E-state index contributed by atoms with van der Waals surface area (Å²) in [5.41, 5.74) is 2.02. The van der Waals surface area contributed by atoms with Crippen LogP contribution in [0, 0.1) is 18.8 Å². The van der Waals surface area contributed by atoms with Crippen molar-refractivity contribution in [1.82, 2.24) is 13.0 Å². The van der Waals surface area contributed by atoms with Gasteiger partial charge in [-0.1, -0.05) is 36.8 Å². The van der Waals surface area contributed by atoms with Gasteiger partial charge in [-0.15, -0.1) is 0 Å². The standard InChI is InChI=1S/C22H26IN3O2/c1-15-13-28-21(24-15)18-12-25(23)14-22(17-8-5-9-17)19(18)10-20(27)26(22)11-16-6-3-2-4-7-16/h2-4,6-7,13,17-19H,5,8-12,14H2,1H3. The summed E-state index contributed by atoms with van der Waals surface area (Å²) in [5, 5.41) is 0. The normalized spacial score (nSPS) is 31.1. The van der Waals surface area contributed by atoms with E-state index in [0.717, 1.165) is 24.7 Å². The van der Waals surface area contributed by atoms with E-state index >= 15 is 0 Å². The first-order valence-corrected chi connectivity index (χ1v) is 11.2. The molecule has 3 atom stereocenters. The summed E-state index contributed by atoms with van der Waals surface area (Å²) in [4.78, 5) is 20.2. The molecule has 0 N–H and O–H groups in total. The fourth-order valence-corrected chi connectivity index (χ4v) is 6.61. The van der Waals surface area contributed by atoms with E-state index in [9.17, 15) is 4.79 Å². The van der Waals surface area contributed by atoms with E-state index in [1.165, 1.54) is 24.8 Å². The van der Waals surface area contributed by atoms with E-state index in [2.05, 4.69) is 60.1 Å². The predicted molar refractivity (Wildman–Crippen MR) is 115 cm³/mol. The molecule has 6 heteroatoms. The Balaban J connectivity index is 1.56. The molecule has 1 saturated carbocycles. The quantitative estimate of drug-likeness (QED) is 0.473. The lowest BCUT2D eigenvalue weighted by molar-refractivity contribution is -0.136. The van der Waals surface area contributed by atoms with Crippen LogP contribution in [0.3, 0.4) is 0 Å². The van der Waals surface area contributed by atoms with Crippen LogP contribution in [0.25, 0.3) is 0 Å². The molecule has 1 amide bonds. The number of aryl methyl sites for hydroxylation is 1. The molecule has 1 aromatic heterocycles. The SMILES string of the molecule is Cc1coc(C2CN(I)CC3(C4CCC4)C2CC(=O)N3Cc2ccccc2)n1. The molecule has 0 bridgehead atoms. The number of rotatable bonds is 4. The van der Waals surface area contributed by atoms with Gasteiger partial charge in [0.05, 0.1) is 17.2 Å². The van der Waals surface area contributed by atoms with E-state index in [0.29, 0.717) is 24.8 Å². The number of hydrogen-bond donors (Lipinski definition) is 0. The van der Waals surface area contributed by atoms with E-state index in [1.54, 1.807) is 6.26 Å². The molecule has 2 aromatic rings. The van der Waals surface area contributed by atoms with Gasteiger partial charge in [-0.25, -0.2) is 8.10 Å². The lowest BCUT2D eigenvalue weighted by Gasteiger charge is -2.56. The minimum atomic E-state index is -0.113. The average Bonchev–Trinajstić information content (AvgIpc) is 3.17. The van der Waals surface area contributed by atoms with Gasteiger partial charge >= 0.3 is 0 Å². The first-order chi connectivity index (χ1) is 13.6. The van der Waals surface area contributed by atoms with Crippen LogP contribution < -0.4 is 0 Å². The van der Waals surface area contributed by atoms with Gasteiger partial charge in [-0.3, -0.25) is 4.79 Å². The molecule has 3 fully saturated rings. The molecule has 3 aliphatic rings. The summed E-state index contributed by atoms with van der Waals surface area (Å²) in [6, 6.07) is 10.4. The Morgan fingerprint density at radius 3 is 2.71 bits per heavy atom. The third kappa shape index (κ3) is 2.91. The van der Waals surface area contributed by atoms with Crippen LogP contribution in [0.5, 0.6) is 0 Å². The van der Waals surface area contributed by atoms with Crippen molar-refractivity contribution >= 4 is 28.8 Å². The molecule has 1 aliphatic carbocycles. The predicted octanol–water partition coefficient (Wildman–Crippen LogP) is 4.32. The third-order valence-corrected chi connectivity index (χ3v) is 7.83.